The van der Waals surface area contributed by atoms with Crippen LogP contribution in [-0.4, -0.2) is 19.3 Å². The van der Waals surface area contributed by atoms with Gasteiger partial charge >= 0.3 is 0 Å². The van der Waals surface area contributed by atoms with E-state index in [-0.39, 0.29) is 28.6 Å². The number of anilines is 1. The standard InChI is InChI=1S/C19H17N3O3S/c23-19(21-14-15-8-6-7-13-20-15)17-11-4-5-12-18(17)22-26(24,25)16-9-2-1-3-10-16/h1-13,22H,14H2,(H,21,23). The second-order valence-corrected chi connectivity index (χ2v) is 7.15. The minimum Gasteiger partial charge on any atom is -0.346 e. The summed E-state index contributed by atoms with van der Waals surface area (Å²) >= 11 is 0. The monoisotopic (exact) mass is 367 g/mol. The number of aromatic nitrogens is 1. The summed E-state index contributed by atoms with van der Waals surface area (Å²) in [5.41, 5.74) is 1.17. The maximum atomic E-state index is 12.5. The predicted molar refractivity (Wildman–Crippen MR) is 99.1 cm³/mol. The largest absolute Gasteiger partial charge is 0.346 e. The Labute approximate surface area is 152 Å². The van der Waals surface area contributed by atoms with Gasteiger partial charge in [-0.3, -0.25) is 14.5 Å². The first kappa shape index (κ1) is 17.6. The van der Waals surface area contributed by atoms with Crippen LogP contribution in [0.5, 0.6) is 0 Å². The number of sulfonamides is 1. The van der Waals surface area contributed by atoms with Gasteiger partial charge in [-0.1, -0.05) is 36.4 Å². The van der Waals surface area contributed by atoms with E-state index in [1.807, 2.05) is 6.07 Å². The molecule has 1 heterocycles. The lowest BCUT2D eigenvalue weighted by atomic mass is 10.1. The fourth-order valence-electron chi connectivity index (χ4n) is 2.34. The second kappa shape index (κ2) is 7.79. The summed E-state index contributed by atoms with van der Waals surface area (Å²) in [6, 6.07) is 19.9. The Balaban J connectivity index is 1.79. The molecule has 1 aromatic heterocycles. The van der Waals surface area contributed by atoms with E-state index in [1.54, 1.807) is 60.8 Å². The number of pyridine rings is 1. The smallest absolute Gasteiger partial charge is 0.261 e. The van der Waals surface area contributed by atoms with Gasteiger partial charge in [-0.25, -0.2) is 8.42 Å². The third-order valence-corrected chi connectivity index (χ3v) is 5.01. The van der Waals surface area contributed by atoms with Crippen molar-refractivity contribution in [2.75, 3.05) is 4.72 Å². The molecule has 0 aliphatic heterocycles. The molecule has 0 spiro atoms. The number of carbonyl (C=O) groups excluding carboxylic acids is 1. The molecule has 0 fully saturated rings. The molecule has 26 heavy (non-hydrogen) atoms. The van der Waals surface area contributed by atoms with Crippen LogP contribution in [0.4, 0.5) is 5.69 Å². The Bertz CT molecular complexity index is 991. The minimum absolute atomic E-state index is 0.128. The highest BCUT2D eigenvalue weighted by molar-refractivity contribution is 7.92. The van der Waals surface area contributed by atoms with E-state index in [1.165, 1.54) is 12.1 Å². The van der Waals surface area contributed by atoms with Crippen LogP contribution >= 0.6 is 0 Å². The summed E-state index contributed by atoms with van der Waals surface area (Å²) in [4.78, 5) is 16.8. The van der Waals surface area contributed by atoms with E-state index in [0.717, 1.165) is 0 Å². The van der Waals surface area contributed by atoms with E-state index in [9.17, 15) is 13.2 Å². The number of hydrogen-bond acceptors (Lipinski definition) is 4. The molecule has 7 heteroatoms. The van der Waals surface area contributed by atoms with Crippen LogP contribution in [0.1, 0.15) is 16.1 Å². The number of hydrogen-bond donors (Lipinski definition) is 2. The highest BCUT2D eigenvalue weighted by atomic mass is 32.2. The first-order chi connectivity index (χ1) is 12.6. The summed E-state index contributed by atoms with van der Waals surface area (Å²) in [6.07, 6.45) is 1.64. The van der Waals surface area contributed by atoms with Crippen LogP contribution in [0, 0.1) is 0 Å². The molecule has 0 atom stereocenters. The third kappa shape index (κ3) is 4.25. The highest BCUT2D eigenvalue weighted by Crippen LogP contribution is 2.20. The number of rotatable bonds is 6. The molecule has 0 unspecified atom stereocenters. The van der Waals surface area contributed by atoms with Gasteiger partial charge in [0.15, 0.2) is 0 Å². The molecule has 0 aliphatic rings. The van der Waals surface area contributed by atoms with Gasteiger partial charge in [-0.2, -0.15) is 0 Å². The predicted octanol–water partition coefficient (Wildman–Crippen LogP) is 2.81. The molecule has 1 amide bonds. The number of nitrogens with zero attached hydrogens (tertiary/aromatic N) is 1. The van der Waals surface area contributed by atoms with Crippen LogP contribution < -0.4 is 10.0 Å². The number of amides is 1. The van der Waals surface area contributed by atoms with Crippen LogP contribution in [0.3, 0.4) is 0 Å². The van der Waals surface area contributed by atoms with Crippen LogP contribution in [0.15, 0.2) is 83.9 Å². The lowest BCUT2D eigenvalue weighted by Gasteiger charge is -2.12. The molecule has 2 N–H and O–H groups in total. The average Bonchev–Trinajstić information content (AvgIpc) is 2.68. The number of para-hydroxylation sites is 1. The van der Waals surface area contributed by atoms with E-state index < -0.39 is 10.0 Å². The fourth-order valence-corrected chi connectivity index (χ4v) is 3.44. The maximum absolute atomic E-state index is 12.5. The average molecular weight is 367 g/mol. The number of benzene rings is 2. The van der Waals surface area contributed by atoms with Crippen LogP contribution in [0.2, 0.25) is 0 Å². The summed E-state index contributed by atoms with van der Waals surface area (Å²) in [6.45, 7) is 0.249. The summed E-state index contributed by atoms with van der Waals surface area (Å²) in [5.74, 6) is -0.387. The van der Waals surface area contributed by atoms with Crippen molar-refractivity contribution in [1.82, 2.24) is 10.3 Å². The van der Waals surface area contributed by atoms with Crippen molar-refractivity contribution in [3.8, 4) is 0 Å². The first-order valence-electron chi connectivity index (χ1n) is 7.91. The van der Waals surface area contributed by atoms with Crippen LogP contribution in [0.25, 0.3) is 0 Å². The van der Waals surface area contributed by atoms with Gasteiger partial charge < -0.3 is 5.32 Å². The lowest BCUT2D eigenvalue weighted by Crippen LogP contribution is -2.25. The van der Waals surface area contributed by atoms with Gasteiger partial charge in [-0.05, 0) is 36.4 Å². The summed E-state index contributed by atoms with van der Waals surface area (Å²) in [7, 11) is -3.78. The van der Waals surface area contributed by atoms with E-state index in [0.29, 0.717) is 5.69 Å². The van der Waals surface area contributed by atoms with E-state index >= 15 is 0 Å². The Morgan fingerprint density at radius 3 is 2.31 bits per heavy atom. The lowest BCUT2D eigenvalue weighted by molar-refractivity contribution is 0.0951. The van der Waals surface area contributed by atoms with Crippen molar-refractivity contribution in [2.45, 2.75) is 11.4 Å². The molecule has 132 valence electrons. The zero-order valence-electron chi connectivity index (χ0n) is 13.8. The third-order valence-electron chi connectivity index (χ3n) is 3.63. The molecule has 6 nitrogen and oxygen atoms in total. The van der Waals surface area contributed by atoms with Crippen molar-refractivity contribution < 1.29 is 13.2 Å². The molecular weight excluding hydrogens is 350 g/mol. The Hall–Kier alpha value is -3.19. The van der Waals surface area contributed by atoms with Crippen molar-refractivity contribution in [3.63, 3.8) is 0 Å². The fraction of sp³-hybridized carbons (Fsp3) is 0.0526. The Morgan fingerprint density at radius 2 is 1.58 bits per heavy atom. The normalized spacial score (nSPS) is 10.9. The summed E-state index contributed by atoms with van der Waals surface area (Å²) < 4.78 is 27.5. The van der Waals surface area contributed by atoms with Gasteiger partial charge in [0.25, 0.3) is 15.9 Å². The van der Waals surface area contributed by atoms with E-state index in [2.05, 4.69) is 15.0 Å². The molecule has 0 saturated carbocycles. The molecule has 2 aromatic carbocycles. The molecule has 0 radical (unpaired) electrons. The van der Waals surface area contributed by atoms with Crippen molar-refractivity contribution in [1.29, 1.82) is 0 Å². The van der Waals surface area contributed by atoms with Crippen molar-refractivity contribution in [3.05, 3.63) is 90.3 Å². The van der Waals surface area contributed by atoms with Gasteiger partial charge in [0.1, 0.15) is 0 Å². The Kier molecular flexibility index (Phi) is 5.28. The quantitative estimate of drug-likeness (QED) is 0.701. The molecule has 0 bridgehead atoms. The topological polar surface area (TPSA) is 88.2 Å². The second-order valence-electron chi connectivity index (χ2n) is 5.47. The number of carbonyl (C=O) groups is 1. The molecule has 0 saturated heterocycles. The molecular formula is C19H17N3O3S. The van der Waals surface area contributed by atoms with Crippen molar-refractivity contribution >= 4 is 21.6 Å². The van der Waals surface area contributed by atoms with Gasteiger partial charge in [0, 0.05) is 6.20 Å². The van der Waals surface area contributed by atoms with E-state index in [4.69, 9.17) is 0 Å². The molecule has 3 aromatic rings. The van der Waals surface area contributed by atoms with Gasteiger partial charge in [-0.15, -0.1) is 0 Å². The summed E-state index contributed by atoms with van der Waals surface area (Å²) in [5, 5.41) is 2.74. The zero-order chi connectivity index (χ0) is 18.4. The van der Waals surface area contributed by atoms with Gasteiger partial charge in [0.05, 0.1) is 28.4 Å². The Morgan fingerprint density at radius 1 is 0.885 bits per heavy atom. The first-order valence-corrected chi connectivity index (χ1v) is 9.39. The molecule has 0 aliphatic carbocycles. The van der Waals surface area contributed by atoms with Crippen LogP contribution in [-0.2, 0) is 16.6 Å². The van der Waals surface area contributed by atoms with Gasteiger partial charge in [0.2, 0.25) is 0 Å². The minimum atomic E-state index is -3.78. The number of nitrogens with one attached hydrogen (secondary N) is 2. The highest BCUT2D eigenvalue weighted by Gasteiger charge is 2.18. The van der Waals surface area contributed by atoms with Crippen molar-refractivity contribution in [2.24, 2.45) is 0 Å². The maximum Gasteiger partial charge on any atom is 0.261 e. The SMILES string of the molecule is O=C(NCc1ccccn1)c1ccccc1NS(=O)(=O)c1ccccc1. The zero-order valence-corrected chi connectivity index (χ0v) is 14.6. The molecule has 3 rings (SSSR count).